The molecule has 3 fully saturated rings. The van der Waals surface area contributed by atoms with Gasteiger partial charge in [-0.3, -0.25) is 4.90 Å². The number of hydrogen-bond acceptors (Lipinski definition) is 3. The van der Waals surface area contributed by atoms with Gasteiger partial charge >= 0.3 is 0 Å². The number of nitrogens with one attached hydrogen (secondary N) is 1. The van der Waals surface area contributed by atoms with Crippen LogP contribution in [0.3, 0.4) is 0 Å². The zero-order valence-corrected chi connectivity index (χ0v) is 14.3. The lowest BCUT2D eigenvalue weighted by molar-refractivity contribution is 0.00354. The molecule has 2 saturated heterocycles. The van der Waals surface area contributed by atoms with Gasteiger partial charge in [0.25, 0.3) is 0 Å². The third-order valence-corrected chi connectivity index (χ3v) is 6.08. The fourth-order valence-corrected chi connectivity index (χ4v) is 4.51. The number of hydrogen-bond donors (Lipinski definition) is 1. The Morgan fingerprint density at radius 2 is 1.95 bits per heavy atom. The average Bonchev–Trinajstić information content (AvgIpc) is 3.08. The largest absolute Gasteiger partial charge is 0.378 e. The normalized spacial score (nSPS) is 33.9. The van der Waals surface area contributed by atoms with Crippen molar-refractivity contribution >= 4 is 0 Å². The zero-order chi connectivity index (χ0) is 14.9. The predicted molar refractivity (Wildman–Crippen MR) is 87.6 cm³/mol. The third kappa shape index (κ3) is 3.46. The molecule has 3 nitrogen and oxygen atoms in total. The molecular formula is C18H34N2O. The number of nitrogens with zero attached hydrogens (tertiary/aromatic N) is 1. The fourth-order valence-electron chi connectivity index (χ4n) is 4.51. The first kappa shape index (κ1) is 15.8. The van der Waals surface area contributed by atoms with Crippen LogP contribution < -0.4 is 5.32 Å². The van der Waals surface area contributed by atoms with Crippen molar-refractivity contribution in [1.29, 1.82) is 0 Å². The van der Waals surface area contributed by atoms with E-state index < -0.39 is 0 Å². The SMILES string of the molecule is CC(C)(C)C1CN(CCC2CCCO2)C2(CCCC2)CN1. The molecule has 0 amide bonds. The second-order valence-electron chi connectivity index (χ2n) is 8.60. The van der Waals surface area contributed by atoms with E-state index in [9.17, 15) is 0 Å². The lowest BCUT2D eigenvalue weighted by Gasteiger charge is -2.51. The van der Waals surface area contributed by atoms with Crippen LogP contribution >= 0.6 is 0 Å². The molecule has 3 heteroatoms. The standard InChI is InChI=1S/C18H34N2O/c1-17(2,3)16-13-20(11-8-15-7-6-12-21-15)18(14-19-16)9-4-5-10-18/h15-16,19H,4-14H2,1-3H3. The van der Waals surface area contributed by atoms with E-state index in [-0.39, 0.29) is 0 Å². The van der Waals surface area contributed by atoms with Crippen LogP contribution in [0.1, 0.15) is 65.7 Å². The summed E-state index contributed by atoms with van der Waals surface area (Å²) in [5.41, 5.74) is 0.808. The van der Waals surface area contributed by atoms with Gasteiger partial charge in [-0.1, -0.05) is 33.6 Å². The van der Waals surface area contributed by atoms with Gasteiger partial charge in [-0.15, -0.1) is 0 Å². The Morgan fingerprint density at radius 3 is 2.57 bits per heavy atom. The molecule has 1 saturated carbocycles. The summed E-state index contributed by atoms with van der Waals surface area (Å²) in [6, 6.07) is 0.619. The molecule has 0 bridgehead atoms. The van der Waals surface area contributed by atoms with Crippen molar-refractivity contribution in [3.8, 4) is 0 Å². The molecule has 2 heterocycles. The van der Waals surface area contributed by atoms with E-state index in [1.807, 2.05) is 0 Å². The summed E-state index contributed by atoms with van der Waals surface area (Å²) < 4.78 is 5.85. The summed E-state index contributed by atoms with van der Waals surface area (Å²) in [7, 11) is 0. The smallest absolute Gasteiger partial charge is 0.0588 e. The third-order valence-electron chi connectivity index (χ3n) is 6.08. The lowest BCUT2D eigenvalue weighted by atomic mass is 9.81. The van der Waals surface area contributed by atoms with E-state index >= 15 is 0 Å². The summed E-state index contributed by atoms with van der Waals surface area (Å²) in [5, 5.41) is 3.88. The van der Waals surface area contributed by atoms with E-state index in [0.717, 1.165) is 6.61 Å². The van der Waals surface area contributed by atoms with E-state index in [2.05, 4.69) is 31.0 Å². The molecule has 0 aromatic heterocycles. The second-order valence-corrected chi connectivity index (χ2v) is 8.60. The van der Waals surface area contributed by atoms with E-state index in [4.69, 9.17) is 4.74 Å². The average molecular weight is 294 g/mol. The fraction of sp³-hybridized carbons (Fsp3) is 1.00. The van der Waals surface area contributed by atoms with Crippen molar-refractivity contribution in [2.45, 2.75) is 83.4 Å². The molecular weight excluding hydrogens is 260 g/mol. The molecule has 1 aliphatic carbocycles. The Hall–Kier alpha value is -0.120. The van der Waals surface area contributed by atoms with Gasteiger partial charge in [-0.05, 0) is 37.5 Å². The maximum absolute atomic E-state index is 5.85. The van der Waals surface area contributed by atoms with Gasteiger partial charge in [0.2, 0.25) is 0 Å². The number of ether oxygens (including phenoxy) is 1. The van der Waals surface area contributed by atoms with Crippen LogP contribution in [-0.4, -0.2) is 48.8 Å². The van der Waals surface area contributed by atoms with E-state index in [1.54, 1.807) is 0 Å². The number of rotatable bonds is 3. The van der Waals surface area contributed by atoms with Crippen molar-refractivity contribution in [3.05, 3.63) is 0 Å². The van der Waals surface area contributed by atoms with Crippen LogP contribution in [0.15, 0.2) is 0 Å². The Balaban J connectivity index is 1.64. The number of piperazine rings is 1. The Bertz CT molecular complexity index is 338. The minimum atomic E-state index is 0.350. The molecule has 3 rings (SSSR count). The van der Waals surface area contributed by atoms with Gasteiger partial charge in [0, 0.05) is 37.8 Å². The molecule has 2 atom stereocenters. The van der Waals surface area contributed by atoms with Crippen molar-refractivity contribution in [2.75, 3.05) is 26.2 Å². The molecule has 122 valence electrons. The summed E-state index contributed by atoms with van der Waals surface area (Å²) in [6.45, 7) is 11.7. The van der Waals surface area contributed by atoms with Crippen LogP contribution in [0.4, 0.5) is 0 Å². The highest BCUT2D eigenvalue weighted by molar-refractivity contribution is 5.03. The van der Waals surface area contributed by atoms with Crippen LogP contribution in [0.5, 0.6) is 0 Å². The van der Waals surface area contributed by atoms with Gasteiger partial charge in [0.05, 0.1) is 6.10 Å². The van der Waals surface area contributed by atoms with Gasteiger partial charge < -0.3 is 10.1 Å². The summed E-state index contributed by atoms with van der Waals surface area (Å²) in [6.07, 6.45) is 9.93. The maximum Gasteiger partial charge on any atom is 0.0588 e. The molecule has 21 heavy (non-hydrogen) atoms. The Labute approximate surface area is 130 Å². The highest BCUT2D eigenvalue weighted by atomic mass is 16.5. The molecule has 1 spiro atoms. The second kappa shape index (κ2) is 6.17. The predicted octanol–water partition coefficient (Wildman–Crippen LogP) is 3.19. The quantitative estimate of drug-likeness (QED) is 0.865. The summed E-state index contributed by atoms with van der Waals surface area (Å²) in [5.74, 6) is 0. The van der Waals surface area contributed by atoms with Crippen LogP contribution in [0, 0.1) is 5.41 Å². The van der Waals surface area contributed by atoms with Crippen molar-refractivity contribution in [1.82, 2.24) is 10.2 Å². The molecule has 0 radical (unpaired) electrons. The van der Waals surface area contributed by atoms with Crippen molar-refractivity contribution in [2.24, 2.45) is 5.41 Å². The first-order valence-corrected chi connectivity index (χ1v) is 9.10. The highest BCUT2D eigenvalue weighted by Gasteiger charge is 2.45. The molecule has 3 aliphatic rings. The van der Waals surface area contributed by atoms with Crippen molar-refractivity contribution in [3.63, 3.8) is 0 Å². The van der Waals surface area contributed by atoms with Gasteiger partial charge in [-0.2, -0.15) is 0 Å². The van der Waals surface area contributed by atoms with Gasteiger partial charge in [0.15, 0.2) is 0 Å². The summed E-state index contributed by atoms with van der Waals surface area (Å²) >= 11 is 0. The maximum atomic E-state index is 5.85. The van der Waals surface area contributed by atoms with Crippen molar-refractivity contribution < 1.29 is 4.74 Å². The van der Waals surface area contributed by atoms with E-state index in [0.29, 0.717) is 23.1 Å². The molecule has 1 N–H and O–H groups in total. The topological polar surface area (TPSA) is 24.5 Å². The lowest BCUT2D eigenvalue weighted by Crippen LogP contribution is -2.66. The molecule has 2 unspecified atom stereocenters. The van der Waals surface area contributed by atoms with Gasteiger partial charge in [0.1, 0.15) is 0 Å². The van der Waals surface area contributed by atoms with Crippen LogP contribution in [-0.2, 0) is 4.74 Å². The monoisotopic (exact) mass is 294 g/mol. The Kier molecular flexibility index (Phi) is 4.63. The minimum absolute atomic E-state index is 0.350. The van der Waals surface area contributed by atoms with Crippen LogP contribution in [0.25, 0.3) is 0 Å². The van der Waals surface area contributed by atoms with Crippen LogP contribution in [0.2, 0.25) is 0 Å². The van der Waals surface area contributed by atoms with E-state index in [1.165, 1.54) is 64.6 Å². The zero-order valence-electron chi connectivity index (χ0n) is 14.3. The first-order chi connectivity index (χ1) is 10.00. The Morgan fingerprint density at radius 1 is 1.19 bits per heavy atom. The first-order valence-electron chi connectivity index (χ1n) is 9.10. The highest BCUT2D eigenvalue weighted by Crippen LogP contribution is 2.39. The molecule has 0 aromatic carbocycles. The summed E-state index contributed by atoms with van der Waals surface area (Å²) in [4.78, 5) is 2.84. The molecule has 2 aliphatic heterocycles. The van der Waals surface area contributed by atoms with Gasteiger partial charge in [-0.25, -0.2) is 0 Å². The minimum Gasteiger partial charge on any atom is -0.378 e. The molecule has 0 aromatic rings.